The van der Waals surface area contributed by atoms with Crippen LogP contribution in [0.3, 0.4) is 0 Å². The molecule has 0 radical (unpaired) electrons. The lowest BCUT2D eigenvalue weighted by Crippen LogP contribution is -1.96. The molecule has 0 fully saturated rings. The van der Waals surface area contributed by atoms with E-state index in [1.807, 2.05) is 0 Å². The number of nitrogen functional groups attached to an aromatic ring is 1. The largest absolute Gasteiger partial charge is 0.477 e. The lowest BCUT2D eigenvalue weighted by Gasteiger charge is -1.83. The smallest absolute Gasteiger partial charge is 0.352 e. The average molecular weight is 142 g/mol. The van der Waals surface area contributed by atoms with E-state index in [2.05, 4.69) is 4.98 Å². The Labute approximate surface area is 58.7 Å². The Morgan fingerprint density at radius 1 is 1.60 bits per heavy atom. The molecule has 0 amide bonds. The molecule has 0 atom stereocenters. The van der Waals surface area contributed by atoms with Crippen LogP contribution < -0.4 is 5.73 Å². The minimum Gasteiger partial charge on any atom is -0.477 e. The van der Waals surface area contributed by atoms with E-state index in [1.54, 1.807) is 0 Å². The molecule has 4 nitrogen and oxygen atoms in total. The first-order chi connectivity index (χ1) is 4.20. The summed E-state index contributed by atoms with van der Waals surface area (Å²) in [5.74, 6) is -0.626. The van der Waals surface area contributed by atoms with Crippen molar-refractivity contribution in [2.75, 3.05) is 5.73 Å². The number of aromatic carboxylic acids is 1. The Hall–Kier alpha value is -1.45. The van der Waals surface area contributed by atoms with Crippen LogP contribution in [0.4, 0.5) is 5.82 Å². The highest BCUT2D eigenvalue weighted by molar-refractivity contribution is 5.86. The zero-order valence-corrected chi connectivity index (χ0v) is 4.59. The van der Waals surface area contributed by atoms with E-state index in [9.17, 15) is 4.79 Å². The molecule has 1 aromatic rings. The van der Waals surface area contributed by atoms with Crippen LogP contribution in [0.2, 0.25) is 0 Å². The van der Waals surface area contributed by atoms with Crippen molar-refractivity contribution in [3.05, 3.63) is 17.8 Å². The Morgan fingerprint density at radius 3 is 2.40 bits per heavy atom. The van der Waals surface area contributed by atoms with E-state index in [4.69, 9.17) is 10.8 Å². The number of hydrogen-bond donors (Lipinski definition) is 3. The Balaban J connectivity index is 0.000000810. The van der Waals surface area contributed by atoms with E-state index in [0.29, 0.717) is 5.82 Å². The summed E-state index contributed by atoms with van der Waals surface area (Å²) in [6, 6.07) is 2.92. The first-order valence-electron chi connectivity index (χ1n) is 2.38. The van der Waals surface area contributed by atoms with Crippen molar-refractivity contribution in [2.24, 2.45) is 0 Å². The van der Waals surface area contributed by atoms with Gasteiger partial charge in [-0.3, -0.25) is 0 Å². The molecule has 10 heavy (non-hydrogen) atoms. The second kappa shape index (κ2) is 2.91. The van der Waals surface area contributed by atoms with Crippen molar-refractivity contribution >= 4 is 11.8 Å². The number of nitrogens with one attached hydrogen (secondary N) is 1. The van der Waals surface area contributed by atoms with E-state index in [1.165, 1.54) is 12.1 Å². The molecular weight excluding hydrogens is 132 g/mol. The topological polar surface area (TPSA) is 79.1 Å². The summed E-state index contributed by atoms with van der Waals surface area (Å²) in [5.41, 5.74) is 5.32. The number of carboxylic acid groups (broad SMARTS) is 1. The number of carbonyl (C=O) groups is 1. The van der Waals surface area contributed by atoms with Gasteiger partial charge < -0.3 is 15.8 Å². The molecular formula is C6H10N2O2. The van der Waals surface area contributed by atoms with Gasteiger partial charge in [0.1, 0.15) is 11.5 Å². The average Bonchev–Trinajstić information content (AvgIpc) is 2.14. The predicted molar refractivity (Wildman–Crippen MR) is 38.9 cm³/mol. The van der Waals surface area contributed by atoms with Crippen molar-refractivity contribution in [3.8, 4) is 0 Å². The summed E-state index contributed by atoms with van der Waals surface area (Å²) >= 11 is 0. The minimum absolute atomic E-state index is 0. The normalized spacial score (nSPS) is 8.40. The molecule has 4 N–H and O–H groups in total. The van der Waals surface area contributed by atoms with Gasteiger partial charge in [0.05, 0.1) is 0 Å². The van der Waals surface area contributed by atoms with E-state index in [-0.39, 0.29) is 13.1 Å². The summed E-state index contributed by atoms with van der Waals surface area (Å²) in [7, 11) is 0. The number of carboxylic acids is 1. The van der Waals surface area contributed by atoms with Gasteiger partial charge in [-0.15, -0.1) is 0 Å². The Bertz CT molecular complexity index is 229. The Kier molecular flexibility index (Phi) is 2.49. The summed E-state index contributed by atoms with van der Waals surface area (Å²) < 4.78 is 0. The zero-order chi connectivity index (χ0) is 6.85. The van der Waals surface area contributed by atoms with Crippen LogP contribution in [0.25, 0.3) is 0 Å². The second-order valence-corrected chi connectivity index (χ2v) is 1.63. The first kappa shape index (κ1) is 8.55. The molecule has 0 bridgehead atoms. The van der Waals surface area contributed by atoms with Crippen LogP contribution in [0, 0.1) is 0 Å². The third-order valence-corrected chi connectivity index (χ3v) is 0.939. The van der Waals surface area contributed by atoms with Gasteiger partial charge in [0.2, 0.25) is 0 Å². The summed E-state index contributed by atoms with van der Waals surface area (Å²) in [6.45, 7) is 0. The fourth-order valence-corrected chi connectivity index (χ4v) is 0.537. The summed E-state index contributed by atoms with van der Waals surface area (Å²) in [6.07, 6.45) is 0. The summed E-state index contributed by atoms with van der Waals surface area (Å²) in [4.78, 5) is 12.6. The van der Waals surface area contributed by atoms with Gasteiger partial charge in [-0.2, -0.15) is 0 Å². The number of anilines is 1. The highest BCUT2D eigenvalue weighted by atomic mass is 16.4. The van der Waals surface area contributed by atoms with Crippen LogP contribution >= 0.6 is 0 Å². The molecule has 1 rings (SSSR count). The standard InChI is InChI=1S/C5H6N2O2.CH4/c6-4-2-1-3(7-4)5(8)9;/h1-2,7H,6H2,(H,8,9);1H4. The molecule has 1 aromatic heterocycles. The van der Waals surface area contributed by atoms with Crippen molar-refractivity contribution in [2.45, 2.75) is 7.43 Å². The number of aromatic nitrogens is 1. The molecule has 4 heteroatoms. The van der Waals surface area contributed by atoms with Gasteiger partial charge in [0.15, 0.2) is 0 Å². The van der Waals surface area contributed by atoms with E-state index in [0.717, 1.165) is 0 Å². The maximum absolute atomic E-state index is 10.1. The van der Waals surface area contributed by atoms with Crippen molar-refractivity contribution in [1.82, 2.24) is 4.98 Å². The summed E-state index contributed by atoms with van der Waals surface area (Å²) in [5, 5.41) is 8.31. The molecule has 0 spiro atoms. The minimum atomic E-state index is -0.994. The van der Waals surface area contributed by atoms with Crippen LogP contribution in [0.15, 0.2) is 12.1 Å². The Morgan fingerprint density at radius 2 is 2.20 bits per heavy atom. The third kappa shape index (κ3) is 1.51. The lowest BCUT2D eigenvalue weighted by molar-refractivity contribution is 0.0691. The fourth-order valence-electron chi connectivity index (χ4n) is 0.537. The molecule has 0 aliphatic rings. The second-order valence-electron chi connectivity index (χ2n) is 1.63. The van der Waals surface area contributed by atoms with Gasteiger partial charge >= 0.3 is 5.97 Å². The van der Waals surface area contributed by atoms with Crippen molar-refractivity contribution in [1.29, 1.82) is 0 Å². The predicted octanol–water partition coefficient (Wildman–Crippen LogP) is 0.931. The quantitative estimate of drug-likeness (QED) is 0.545. The van der Waals surface area contributed by atoms with Crippen molar-refractivity contribution < 1.29 is 9.90 Å². The molecule has 0 saturated heterocycles. The lowest BCUT2D eigenvalue weighted by atomic mass is 10.4. The number of H-pyrrole nitrogens is 1. The van der Waals surface area contributed by atoms with Gasteiger partial charge in [-0.1, -0.05) is 7.43 Å². The van der Waals surface area contributed by atoms with Gasteiger partial charge in [-0.25, -0.2) is 4.79 Å². The van der Waals surface area contributed by atoms with Crippen molar-refractivity contribution in [3.63, 3.8) is 0 Å². The highest BCUT2D eigenvalue weighted by Crippen LogP contribution is 2.01. The van der Waals surface area contributed by atoms with Gasteiger partial charge in [0.25, 0.3) is 0 Å². The molecule has 0 aromatic carbocycles. The van der Waals surface area contributed by atoms with E-state index >= 15 is 0 Å². The monoisotopic (exact) mass is 142 g/mol. The SMILES string of the molecule is C.Nc1ccc(C(=O)O)[nH]1. The maximum Gasteiger partial charge on any atom is 0.352 e. The zero-order valence-electron chi connectivity index (χ0n) is 4.59. The molecule has 0 aliphatic carbocycles. The molecule has 0 aliphatic heterocycles. The molecule has 1 heterocycles. The number of aromatic amines is 1. The van der Waals surface area contributed by atoms with Crippen LogP contribution in [-0.4, -0.2) is 16.1 Å². The van der Waals surface area contributed by atoms with Crippen LogP contribution in [0.5, 0.6) is 0 Å². The highest BCUT2D eigenvalue weighted by Gasteiger charge is 2.01. The van der Waals surface area contributed by atoms with Crippen LogP contribution in [0.1, 0.15) is 17.9 Å². The van der Waals surface area contributed by atoms with Gasteiger partial charge in [0, 0.05) is 0 Å². The van der Waals surface area contributed by atoms with Gasteiger partial charge in [-0.05, 0) is 12.1 Å². The number of rotatable bonds is 1. The fraction of sp³-hybridized carbons (Fsp3) is 0.167. The maximum atomic E-state index is 10.1. The number of nitrogens with two attached hydrogens (primary N) is 1. The van der Waals surface area contributed by atoms with E-state index < -0.39 is 5.97 Å². The molecule has 56 valence electrons. The molecule has 0 unspecified atom stereocenters. The first-order valence-corrected chi connectivity index (χ1v) is 2.38. The third-order valence-electron chi connectivity index (χ3n) is 0.939. The van der Waals surface area contributed by atoms with Crippen LogP contribution in [-0.2, 0) is 0 Å². The number of hydrogen-bond acceptors (Lipinski definition) is 2. The molecule has 0 saturated carbocycles.